The Hall–Kier alpha value is -3.06. The Labute approximate surface area is 213 Å². The molecule has 5 nitrogen and oxygen atoms in total. The highest BCUT2D eigenvalue weighted by Gasteiger charge is 2.62. The zero-order valence-electron chi connectivity index (χ0n) is 20.8. The summed E-state index contributed by atoms with van der Waals surface area (Å²) in [5.41, 5.74) is 1.91. The Kier molecular flexibility index (Phi) is 6.02. The number of ketones is 1. The van der Waals surface area contributed by atoms with Crippen molar-refractivity contribution in [2.45, 2.75) is 37.7 Å². The molecule has 0 bridgehead atoms. The quantitative estimate of drug-likeness (QED) is 0.537. The van der Waals surface area contributed by atoms with Crippen molar-refractivity contribution in [3.8, 4) is 0 Å². The van der Waals surface area contributed by atoms with E-state index in [1.807, 2.05) is 67.6 Å². The van der Waals surface area contributed by atoms with E-state index in [0.29, 0.717) is 12.0 Å². The molecule has 1 aliphatic carbocycles. The molecule has 1 fully saturated rings. The first-order valence-corrected chi connectivity index (χ1v) is 13.7. The van der Waals surface area contributed by atoms with Crippen LogP contribution in [0.2, 0.25) is 0 Å². The van der Waals surface area contributed by atoms with Gasteiger partial charge in [0.25, 0.3) is 0 Å². The highest BCUT2D eigenvalue weighted by atomic mass is 32.2. The van der Waals surface area contributed by atoms with E-state index in [1.54, 1.807) is 38.1 Å². The lowest BCUT2D eigenvalue weighted by molar-refractivity contribution is -0.128. The van der Waals surface area contributed by atoms with Crippen LogP contribution in [0.15, 0.2) is 89.8 Å². The van der Waals surface area contributed by atoms with E-state index in [-0.39, 0.29) is 23.8 Å². The van der Waals surface area contributed by atoms with Crippen molar-refractivity contribution >= 4 is 27.0 Å². The van der Waals surface area contributed by atoms with Crippen LogP contribution in [0, 0.1) is 18.3 Å². The van der Waals surface area contributed by atoms with E-state index in [1.165, 1.54) is 4.31 Å². The predicted molar refractivity (Wildman–Crippen MR) is 141 cm³/mol. The second-order valence-electron chi connectivity index (χ2n) is 10.6. The topological polar surface area (TPSA) is 74.7 Å². The standard InChI is InChI=1S/C30H31NO4S/c1-21-14-16-24(17-15-21)36(34,35)31-19-26(29(2,3)33)30(20-31)18-25(22-10-6-4-7-11-22)27(28(30)32)23-12-8-5-9-13-23/h4-17,26,33H,18-20H2,1-3H3. The number of carbonyl (C=O) groups excluding carboxylic acids is 1. The summed E-state index contributed by atoms with van der Waals surface area (Å²) in [4.78, 5) is 14.6. The van der Waals surface area contributed by atoms with Gasteiger partial charge in [0.2, 0.25) is 10.0 Å². The average Bonchev–Trinajstić information content (AvgIpc) is 3.40. The minimum absolute atomic E-state index is 0.0311. The molecule has 3 aromatic rings. The van der Waals surface area contributed by atoms with Crippen LogP contribution in [0.25, 0.3) is 11.1 Å². The van der Waals surface area contributed by atoms with Gasteiger partial charge in [-0.15, -0.1) is 0 Å². The Balaban J connectivity index is 1.64. The monoisotopic (exact) mass is 501 g/mol. The van der Waals surface area contributed by atoms with Crippen molar-refractivity contribution in [2.75, 3.05) is 13.1 Å². The third kappa shape index (κ3) is 4.03. The number of nitrogens with zero attached hydrogens (tertiary/aromatic N) is 1. The fourth-order valence-electron chi connectivity index (χ4n) is 5.88. The van der Waals surface area contributed by atoms with Gasteiger partial charge < -0.3 is 5.11 Å². The maximum Gasteiger partial charge on any atom is 0.243 e. The van der Waals surface area contributed by atoms with Crippen LogP contribution in [0.1, 0.15) is 37.0 Å². The molecule has 36 heavy (non-hydrogen) atoms. The molecule has 186 valence electrons. The zero-order valence-corrected chi connectivity index (χ0v) is 21.6. The molecule has 0 aromatic heterocycles. The van der Waals surface area contributed by atoms with E-state index >= 15 is 0 Å². The number of aliphatic hydroxyl groups is 1. The van der Waals surface area contributed by atoms with Gasteiger partial charge >= 0.3 is 0 Å². The second kappa shape index (κ2) is 8.80. The molecule has 2 aliphatic rings. The minimum Gasteiger partial charge on any atom is -0.390 e. The summed E-state index contributed by atoms with van der Waals surface area (Å²) in [6, 6.07) is 26.1. The van der Waals surface area contributed by atoms with Crippen molar-refractivity contribution in [3.05, 3.63) is 102 Å². The van der Waals surface area contributed by atoms with E-state index < -0.39 is 27.0 Å². The molecule has 1 heterocycles. The molecule has 2 atom stereocenters. The highest BCUT2D eigenvalue weighted by Crippen LogP contribution is 2.57. The molecule has 0 saturated carbocycles. The molecular formula is C30H31NO4S. The maximum absolute atomic E-state index is 14.4. The fraction of sp³-hybridized carbons (Fsp3) is 0.300. The number of carbonyl (C=O) groups is 1. The summed E-state index contributed by atoms with van der Waals surface area (Å²) in [6.45, 7) is 5.37. The second-order valence-corrected chi connectivity index (χ2v) is 12.5. The van der Waals surface area contributed by atoms with Crippen LogP contribution >= 0.6 is 0 Å². The molecule has 3 aromatic carbocycles. The smallest absolute Gasteiger partial charge is 0.243 e. The predicted octanol–water partition coefficient (Wildman–Crippen LogP) is 4.96. The summed E-state index contributed by atoms with van der Waals surface area (Å²) in [5, 5.41) is 11.3. The highest BCUT2D eigenvalue weighted by molar-refractivity contribution is 7.89. The van der Waals surface area contributed by atoms with Gasteiger partial charge in [0.15, 0.2) is 5.78 Å². The van der Waals surface area contributed by atoms with Crippen LogP contribution in [0.3, 0.4) is 0 Å². The van der Waals surface area contributed by atoms with Crippen LogP contribution in [0.4, 0.5) is 0 Å². The number of hydrogen-bond donors (Lipinski definition) is 1. The van der Waals surface area contributed by atoms with Crippen LogP contribution in [0.5, 0.6) is 0 Å². The summed E-state index contributed by atoms with van der Waals surface area (Å²) in [7, 11) is -3.85. The maximum atomic E-state index is 14.4. The van der Waals surface area contributed by atoms with E-state index in [9.17, 15) is 18.3 Å². The van der Waals surface area contributed by atoms with Gasteiger partial charge in [-0.2, -0.15) is 4.31 Å². The molecule has 1 saturated heterocycles. The fourth-order valence-corrected chi connectivity index (χ4v) is 7.41. The number of sulfonamides is 1. The summed E-state index contributed by atoms with van der Waals surface area (Å²) in [5.74, 6) is -0.668. The number of hydrogen-bond acceptors (Lipinski definition) is 4. The SMILES string of the molecule is Cc1ccc(S(=O)(=O)N2CC(C(C)(C)O)C3(CC(c4ccccc4)=C(c4ccccc4)C3=O)C2)cc1. The number of Topliss-reactive ketones (excluding diaryl/α,β-unsaturated/α-hetero) is 1. The lowest BCUT2D eigenvalue weighted by Crippen LogP contribution is -2.46. The van der Waals surface area contributed by atoms with Gasteiger partial charge in [0.05, 0.1) is 15.9 Å². The Morgan fingerprint density at radius 1 is 0.889 bits per heavy atom. The summed E-state index contributed by atoms with van der Waals surface area (Å²) in [6.07, 6.45) is 0.370. The molecule has 6 heteroatoms. The van der Waals surface area contributed by atoms with Crippen LogP contribution in [-0.4, -0.2) is 42.3 Å². The zero-order chi connectivity index (χ0) is 25.7. The van der Waals surface area contributed by atoms with E-state index in [4.69, 9.17) is 0 Å². The minimum atomic E-state index is -3.85. The first-order valence-electron chi connectivity index (χ1n) is 12.2. The Morgan fingerprint density at radius 3 is 2.00 bits per heavy atom. The van der Waals surface area contributed by atoms with Gasteiger partial charge in [-0.3, -0.25) is 4.79 Å². The van der Waals surface area contributed by atoms with Crippen molar-refractivity contribution in [1.82, 2.24) is 4.31 Å². The lowest BCUT2D eigenvalue weighted by Gasteiger charge is -2.37. The third-order valence-corrected chi connectivity index (χ3v) is 9.51. The first kappa shape index (κ1) is 24.6. The molecule has 0 radical (unpaired) electrons. The molecule has 1 aliphatic heterocycles. The first-order chi connectivity index (χ1) is 17.0. The molecule has 1 spiro atoms. The molecule has 1 N–H and O–H groups in total. The molecule has 2 unspecified atom stereocenters. The summed E-state index contributed by atoms with van der Waals surface area (Å²) < 4.78 is 28.8. The molecular weight excluding hydrogens is 470 g/mol. The largest absolute Gasteiger partial charge is 0.390 e. The summed E-state index contributed by atoms with van der Waals surface area (Å²) >= 11 is 0. The number of aryl methyl sites for hydroxylation is 1. The Morgan fingerprint density at radius 2 is 1.44 bits per heavy atom. The van der Waals surface area contributed by atoms with Crippen molar-refractivity contribution in [3.63, 3.8) is 0 Å². The number of benzene rings is 3. The van der Waals surface area contributed by atoms with Crippen molar-refractivity contribution in [2.24, 2.45) is 11.3 Å². The van der Waals surface area contributed by atoms with Crippen LogP contribution in [-0.2, 0) is 14.8 Å². The molecule has 5 rings (SSSR count). The molecule has 0 amide bonds. The van der Waals surface area contributed by atoms with Gasteiger partial charge in [-0.05, 0) is 56.0 Å². The average molecular weight is 502 g/mol. The third-order valence-electron chi connectivity index (χ3n) is 7.68. The normalized spacial score (nSPS) is 23.1. The van der Waals surface area contributed by atoms with E-state index in [0.717, 1.165) is 22.3 Å². The van der Waals surface area contributed by atoms with Crippen LogP contribution < -0.4 is 0 Å². The van der Waals surface area contributed by atoms with Gasteiger partial charge in [-0.1, -0.05) is 78.4 Å². The van der Waals surface area contributed by atoms with Gasteiger partial charge in [-0.25, -0.2) is 8.42 Å². The van der Waals surface area contributed by atoms with Gasteiger partial charge in [0.1, 0.15) is 0 Å². The number of allylic oxidation sites excluding steroid dienone is 2. The van der Waals surface area contributed by atoms with E-state index in [2.05, 4.69) is 0 Å². The Bertz CT molecular complexity index is 1420. The van der Waals surface area contributed by atoms with Gasteiger partial charge in [0, 0.05) is 24.6 Å². The van der Waals surface area contributed by atoms with Crippen molar-refractivity contribution in [1.29, 1.82) is 0 Å². The van der Waals surface area contributed by atoms with Crippen molar-refractivity contribution < 1.29 is 18.3 Å². The number of rotatable bonds is 5. The lowest BCUT2D eigenvalue weighted by atomic mass is 9.67.